The largest absolute Gasteiger partial charge is 0.252 e. The third-order valence-electron chi connectivity index (χ3n) is 11.1. The van der Waals surface area contributed by atoms with E-state index in [1.165, 1.54) is 59.8 Å². The number of allylic oxidation sites excluding steroid dienone is 3. The van der Waals surface area contributed by atoms with Gasteiger partial charge < -0.3 is 0 Å². The summed E-state index contributed by atoms with van der Waals surface area (Å²) in [6.45, 7) is 0. The van der Waals surface area contributed by atoms with Crippen LogP contribution >= 0.6 is 11.8 Å². The van der Waals surface area contributed by atoms with Gasteiger partial charge in [0.1, 0.15) is 0 Å². The van der Waals surface area contributed by atoms with Crippen molar-refractivity contribution in [2.24, 2.45) is 0 Å². The average molecular weight is 693 g/mol. The van der Waals surface area contributed by atoms with Crippen LogP contribution in [0.1, 0.15) is 17.0 Å². The lowest BCUT2D eigenvalue weighted by Crippen LogP contribution is -2.14. The maximum atomic E-state index is 5.22. The third-order valence-corrected chi connectivity index (χ3v) is 12.5. The Morgan fingerprint density at radius 3 is 1.94 bits per heavy atom. The van der Waals surface area contributed by atoms with Crippen molar-refractivity contribution in [2.45, 2.75) is 16.1 Å². The Kier molecular flexibility index (Phi) is 6.96. The van der Waals surface area contributed by atoms with Crippen LogP contribution in [-0.2, 0) is 0 Å². The van der Waals surface area contributed by atoms with Crippen LogP contribution in [0.2, 0.25) is 0 Å². The quantitative estimate of drug-likeness (QED) is 0.172. The lowest BCUT2D eigenvalue weighted by Gasteiger charge is -2.25. The summed E-state index contributed by atoms with van der Waals surface area (Å²) in [6, 6.07) is 57.3. The first-order chi connectivity index (χ1) is 26.2. The molecule has 9 aromatic rings. The number of aromatic nitrogens is 2. The second kappa shape index (κ2) is 12.2. The van der Waals surface area contributed by atoms with Gasteiger partial charge in [0.15, 0.2) is 0 Å². The van der Waals surface area contributed by atoms with Gasteiger partial charge in [0.25, 0.3) is 0 Å². The predicted octanol–water partition coefficient (Wildman–Crippen LogP) is 13.3. The van der Waals surface area contributed by atoms with E-state index in [4.69, 9.17) is 9.97 Å². The van der Waals surface area contributed by atoms with Gasteiger partial charge in [-0.3, -0.25) is 4.98 Å². The van der Waals surface area contributed by atoms with Crippen molar-refractivity contribution in [2.75, 3.05) is 0 Å². The molecule has 11 rings (SSSR count). The lowest BCUT2D eigenvalue weighted by molar-refractivity contribution is 0.893. The molecule has 0 amide bonds. The smallest absolute Gasteiger partial charge is 0.0979 e. The van der Waals surface area contributed by atoms with Crippen molar-refractivity contribution in [3.8, 4) is 33.5 Å². The monoisotopic (exact) mass is 692 g/mol. The van der Waals surface area contributed by atoms with Crippen molar-refractivity contribution in [1.82, 2.24) is 9.97 Å². The SMILES string of the molecule is C1=CC(c2ccc3cc(-c4ccc(-c5cccc(-c6cnc7c8ccccc8c8ccccc8c7n6)c5)cc4)ccc3c2)C2Sc3ccccc3C2=C1. The Bertz CT molecular complexity index is 2960. The number of rotatable bonds is 4. The maximum Gasteiger partial charge on any atom is 0.0979 e. The van der Waals surface area contributed by atoms with Crippen LogP contribution < -0.4 is 0 Å². The molecule has 0 spiro atoms. The summed E-state index contributed by atoms with van der Waals surface area (Å²) in [4.78, 5) is 11.6. The summed E-state index contributed by atoms with van der Waals surface area (Å²) in [5.41, 5.74) is 12.8. The van der Waals surface area contributed by atoms with Crippen molar-refractivity contribution in [3.05, 3.63) is 193 Å². The Hall–Kier alpha value is -6.29. The number of hydrogen-bond acceptors (Lipinski definition) is 3. The fourth-order valence-electron chi connectivity index (χ4n) is 8.40. The normalized spacial score (nSPS) is 16.3. The standard InChI is InChI=1S/C50H32N2S/c1-3-14-43-40(11-1)41-12-2-4-15-44(41)49-48(43)51-30-46(52-49)38-10-7-9-33(29-38)31-19-21-32(22-20-31)34-23-24-36-28-37(26-25-35(36)27-34)39-16-8-17-45-42-13-5-6-18-47(42)53-50(39)45/h1-30,39,50H. The van der Waals surface area contributed by atoms with E-state index in [1.54, 1.807) is 0 Å². The van der Waals surface area contributed by atoms with Gasteiger partial charge in [-0.15, -0.1) is 11.8 Å². The van der Waals surface area contributed by atoms with Gasteiger partial charge >= 0.3 is 0 Å². The van der Waals surface area contributed by atoms with Crippen LogP contribution in [0, 0.1) is 0 Å². The molecule has 0 fully saturated rings. The highest BCUT2D eigenvalue weighted by Crippen LogP contribution is 2.52. The molecule has 8 aromatic carbocycles. The molecule has 1 aromatic heterocycles. The molecule has 1 aliphatic heterocycles. The molecule has 2 nitrogen and oxygen atoms in total. The van der Waals surface area contributed by atoms with Crippen molar-refractivity contribution < 1.29 is 0 Å². The second-order valence-corrected chi connectivity index (χ2v) is 15.3. The van der Waals surface area contributed by atoms with Gasteiger partial charge in [-0.1, -0.05) is 158 Å². The zero-order valence-electron chi connectivity index (χ0n) is 28.8. The molecule has 2 unspecified atom stereocenters. The first-order valence-electron chi connectivity index (χ1n) is 18.2. The predicted molar refractivity (Wildman–Crippen MR) is 224 cm³/mol. The topological polar surface area (TPSA) is 25.8 Å². The molecule has 2 atom stereocenters. The van der Waals surface area contributed by atoms with Crippen LogP contribution in [0.5, 0.6) is 0 Å². The Morgan fingerprint density at radius 1 is 0.491 bits per heavy atom. The molecule has 0 N–H and O–H groups in total. The minimum absolute atomic E-state index is 0.357. The summed E-state index contributed by atoms with van der Waals surface area (Å²) >= 11 is 2.00. The Morgan fingerprint density at radius 2 is 1.13 bits per heavy atom. The zero-order valence-corrected chi connectivity index (χ0v) is 29.6. The molecular formula is C50H32N2S. The number of thioether (sulfide) groups is 1. The van der Waals surface area contributed by atoms with Gasteiger partial charge in [0.05, 0.1) is 22.9 Å². The molecule has 3 heteroatoms. The first kappa shape index (κ1) is 30.3. The highest BCUT2D eigenvalue weighted by Gasteiger charge is 2.34. The van der Waals surface area contributed by atoms with Gasteiger partial charge in [-0.05, 0) is 78.7 Å². The van der Waals surface area contributed by atoms with Crippen LogP contribution in [-0.4, -0.2) is 15.2 Å². The maximum absolute atomic E-state index is 5.22. The van der Waals surface area contributed by atoms with Gasteiger partial charge in [0, 0.05) is 32.4 Å². The van der Waals surface area contributed by atoms with E-state index >= 15 is 0 Å². The van der Waals surface area contributed by atoms with Crippen molar-refractivity contribution in [1.29, 1.82) is 0 Å². The molecule has 53 heavy (non-hydrogen) atoms. The number of fused-ring (bicyclic) bond motifs is 10. The van der Waals surface area contributed by atoms with E-state index in [1.807, 2.05) is 18.0 Å². The van der Waals surface area contributed by atoms with Gasteiger partial charge in [-0.25, -0.2) is 4.98 Å². The first-order valence-corrected chi connectivity index (χ1v) is 19.1. The summed E-state index contributed by atoms with van der Waals surface area (Å²) in [7, 11) is 0. The van der Waals surface area contributed by atoms with Crippen LogP contribution in [0.4, 0.5) is 0 Å². The minimum Gasteiger partial charge on any atom is -0.252 e. The molecule has 2 heterocycles. The number of nitrogens with zero attached hydrogens (tertiary/aromatic N) is 2. The van der Waals surface area contributed by atoms with E-state index in [-0.39, 0.29) is 0 Å². The molecule has 2 aliphatic rings. The highest BCUT2D eigenvalue weighted by molar-refractivity contribution is 8.01. The fourth-order valence-corrected chi connectivity index (χ4v) is 9.88. The van der Waals surface area contributed by atoms with E-state index in [9.17, 15) is 0 Å². The molecule has 0 radical (unpaired) electrons. The molecule has 1 aliphatic carbocycles. The van der Waals surface area contributed by atoms with E-state index in [0.29, 0.717) is 11.2 Å². The molecular weight excluding hydrogens is 661 g/mol. The third kappa shape index (κ3) is 5.03. The Labute approximate surface area is 312 Å². The summed E-state index contributed by atoms with van der Waals surface area (Å²) in [5, 5.41) is 7.64. The van der Waals surface area contributed by atoms with E-state index in [0.717, 1.165) is 38.6 Å². The molecule has 0 bridgehead atoms. The lowest BCUT2D eigenvalue weighted by atomic mass is 9.84. The molecule has 0 saturated heterocycles. The molecule has 248 valence electrons. The Balaban J connectivity index is 0.875. The minimum atomic E-state index is 0.357. The van der Waals surface area contributed by atoms with E-state index < -0.39 is 0 Å². The summed E-state index contributed by atoms with van der Waals surface area (Å²) in [5.74, 6) is 0.357. The van der Waals surface area contributed by atoms with Gasteiger partial charge in [-0.2, -0.15) is 0 Å². The van der Waals surface area contributed by atoms with Crippen LogP contribution in [0.25, 0.3) is 82.4 Å². The summed E-state index contributed by atoms with van der Waals surface area (Å²) in [6.07, 6.45) is 8.84. The highest BCUT2D eigenvalue weighted by atomic mass is 32.2. The average Bonchev–Trinajstić information content (AvgIpc) is 3.62. The second-order valence-electron chi connectivity index (χ2n) is 14.1. The summed E-state index contributed by atoms with van der Waals surface area (Å²) < 4.78 is 0. The van der Waals surface area contributed by atoms with Gasteiger partial charge in [0.2, 0.25) is 0 Å². The van der Waals surface area contributed by atoms with Crippen LogP contribution in [0.15, 0.2) is 187 Å². The van der Waals surface area contributed by atoms with Crippen molar-refractivity contribution >= 4 is 60.7 Å². The van der Waals surface area contributed by atoms with E-state index in [2.05, 4.69) is 176 Å². The zero-order chi connectivity index (χ0) is 34.9. The fraction of sp³-hybridized carbons (Fsp3) is 0.0400. The van der Waals surface area contributed by atoms with Crippen molar-refractivity contribution in [3.63, 3.8) is 0 Å². The molecule has 0 saturated carbocycles. The van der Waals surface area contributed by atoms with Crippen LogP contribution in [0.3, 0.4) is 0 Å². The number of benzene rings is 8. The number of hydrogen-bond donors (Lipinski definition) is 0.